The van der Waals surface area contributed by atoms with Gasteiger partial charge in [-0.2, -0.15) is 5.10 Å². The maximum absolute atomic E-state index is 9.67. The normalized spacial score (nSPS) is 23.2. The van der Waals surface area contributed by atoms with Crippen LogP contribution in [-0.4, -0.2) is 27.6 Å². The Bertz CT molecular complexity index is 319. The summed E-state index contributed by atoms with van der Waals surface area (Å²) in [5.74, 6) is 0. The molecule has 4 heteroatoms. The largest absolute Gasteiger partial charge is 0.393 e. The van der Waals surface area contributed by atoms with E-state index < -0.39 is 0 Å². The summed E-state index contributed by atoms with van der Waals surface area (Å²) in [6, 6.07) is 1.97. The molecule has 0 radical (unpaired) electrons. The van der Waals surface area contributed by atoms with Gasteiger partial charge >= 0.3 is 0 Å². The molecule has 1 aromatic heterocycles. The fraction of sp³-hybridized carbons (Fsp3) is 0.750. The van der Waals surface area contributed by atoms with Crippen LogP contribution in [-0.2, 0) is 11.2 Å². The van der Waals surface area contributed by atoms with Gasteiger partial charge in [0, 0.05) is 24.9 Å². The molecule has 1 fully saturated rings. The molecule has 0 spiro atoms. The number of nitrogens with zero attached hydrogens (tertiary/aromatic N) is 2. The van der Waals surface area contributed by atoms with Crippen molar-refractivity contribution in [3.8, 4) is 0 Å². The maximum atomic E-state index is 9.67. The van der Waals surface area contributed by atoms with Gasteiger partial charge < -0.3 is 9.84 Å². The molecule has 2 atom stereocenters. The second-order valence-electron chi connectivity index (χ2n) is 4.35. The van der Waals surface area contributed by atoms with Crippen molar-refractivity contribution in [1.82, 2.24) is 9.78 Å². The lowest BCUT2D eigenvalue weighted by Crippen LogP contribution is -2.22. The smallest absolute Gasteiger partial charge is 0.150 e. The molecule has 0 saturated carbocycles. The zero-order chi connectivity index (χ0) is 11.4. The van der Waals surface area contributed by atoms with Crippen molar-refractivity contribution in [2.24, 2.45) is 0 Å². The summed E-state index contributed by atoms with van der Waals surface area (Å²) in [4.78, 5) is 0. The minimum absolute atomic E-state index is 0.0720. The van der Waals surface area contributed by atoms with E-state index in [0.717, 1.165) is 31.6 Å². The number of hydrogen-bond acceptors (Lipinski definition) is 3. The molecular weight excluding hydrogens is 204 g/mol. The average molecular weight is 224 g/mol. The van der Waals surface area contributed by atoms with Crippen molar-refractivity contribution in [2.75, 3.05) is 6.61 Å². The SMILES string of the molecule is CCC(O)Cc1ccnn1C1CCCCO1. The Balaban J connectivity index is 2.05. The number of ether oxygens (including phenoxy) is 1. The predicted octanol–water partition coefficient (Wildman–Crippen LogP) is 1.90. The highest BCUT2D eigenvalue weighted by Gasteiger charge is 2.19. The third-order valence-corrected chi connectivity index (χ3v) is 3.10. The van der Waals surface area contributed by atoms with E-state index in [1.165, 1.54) is 6.42 Å². The van der Waals surface area contributed by atoms with Gasteiger partial charge in [0.1, 0.15) is 6.23 Å². The van der Waals surface area contributed by atoms with Crippen molar-refractivity contribution >= 4 is 0 Å². The van der Waals surface area contributed by atoms with Crippen molar-refractivity contribution in [1.29, 1.82) is 0 Å². The molecule has 4 nitrogen and oxygen atoms in total. The van der Waals surface area contributed by atoms with E-state index in [4.69, 9.17) is 4.74 Å². The first-order valence-electron chi connectivity index (χ1n) is 6.13. The van der Waals surface area contributed by atoms with Gasteiger partial charge in [0.15, 0.2) is 0 Å². The summed E-state index contributed by atoms with van der Waals surface area (Å²) in [6.45, 7) is 2.81. The average Bonchev–Trinajstić information content (AvgIpc) is 2.78. The van der Waals surface area contributed by atoms with Crippen LogP contribution in [0.5, 0.6) is 0 Å². The van der Waals surface area contributed by atoms with Gasteiger partial charge in [-0.3, -0.25) is 0 Å². The monoisotopic (exact) mass is 224 g/mol. The van der Waals surface area contributed by atoms with E-state index in [1.807, 2.05) is 17.7 Å². The van der Waals surface area contributed by atoms with Crippen molar-refractivity contribution in [3.63, 3.8) is 0 Å². The molecule has 1 N–H and O–H groups in total. The summed E-state index contributed by atoms with van der Waals surface area (Å²) >= 11 is 0. The number of hydrogen-bond donors (Lipinski definition) is 1. The molecular formula is C12H20N2O2. The van der Waals surface area contributed by atoms with Crippen LogP contribution in [0.25, 0.3) is 0 Å². The fourth-order valence-electron chi connectivity index (χ4n) is 2.06. The molecule has 16 heavy (non-hydrogen) atoms. The van der Waals surface area contributed by atoms with E-state index in [1.54, 1.807) is 6.20 Å². The number of aliphatic hydroxyl groups excluding tert-OH is 1. The van der Waals surface area contributed by atoms with Gasteiger partial charge in [0.05, 0.1) is 6.10 Å². The fourth-order valence-corrected chi connectivity index (χ4v) is 2.06. The summed E-state index contributed by atoms with van der Waals surface area (Å²) in [5, 5.41) is 14.0. The summed E-state index contributed by atoms with van der Waals surface area (Å²) in [5.41, 5.74) is 1.07. The Kier molecular flexibility index (Phi) is 3.96. The van der Waals surface area contributed by atoms with Gasteiger partial charge in [0.2, 0.25) is 0 Å². The summed E-state index contributed by atoms with van der Waals surface area (Å²) in [6.07, 6.45) is 6.38. The second-order valence-corrected chi connectivity index (χ2v) is 4.35. The highest BCUT2D eigenvalue weighted by Crippen LogP contribution is 2.23. The van der Waals surface area contributed by atoms with Crippen molar-refractivity contribution in [2.45, 2.75) is 51.4 Å². The van der Waals surface area contributed by atoms with Crippen LogP contribution in [0.1, 0.15) is 44.5 Å². The molecule has 1 saturated heterocycles. The quantitative estimate of drug-likeness (QED) is 0.849. The molecule has 0 bridgehead atoms. The lowest BCUT2D eigenvalue weighted by molar-refractivity contribution is -0.0417. The molecule has 0 amide bonds. The topological polar surface area (TPSA) is 47.3 Å². The van der Waals surface area contributed by atoms with E-state index in [9.17, 15) is 5.11 Å². The molecule has 2 unspecified atom stereocenters. The molecule has 0 aliphatic carbocycles. The molecule has 2 heterocycles. The van der Waals surface area contributed by atoms with Gasteiger partial charge in [-0.05, 0) is 31.7 Å². The third kappa shape index (κ3) is 2.62. The molecule has 1 aliphatic rings. The van der Waals surface area contributed by atoms with Crippen LogP contribution in [0.15, 0.2) is 12.3 Å². The highest BCUT2D eigenvalue weighted by molar-refractivity contribution is 5.03. The van der Waals surface area contributed by atoms with Crippen LogP contribution in [0.3, 0.4) is 0 Å². The predicted molar refractivity (Wildman–Crippen MR) is 61.1 cm³/mol. The highest BCUT2D eigenvalue weighted by atomic mass is 16.5. The lowest BCUT2D eigenvalue weighted by atomic mass is 10.1. The zero-order valence-electron chi connectivity index (χ0n) is 9.80. The van der Waals surface area contributed by atoms with Crippen LogP contribution in [0, 0.1) is 0 Å². The minimum atomic E-state index is -0.279. The van der Waals surface area contributed by atoms with Crippen LogP contribution in [0.2, 0.25) is 0 Å². The van der Waals surface area contributed by atoms with Gasteiger partial charge in [-0.15, -0.1) is 0 Å². The van der Waals surface area contributed by atoms with Crippen molar-refractivity contribution < 1.29 is 9.84 Å². The van der Waals surface area contributed by atoms with Crippen LogP contribution < -0.4 is 0 Å². The standard InChI is InChI=1S/C12H20N2O2/c1-2-11(15)9-10-6-7-13-14(10)12-5-3-4-8-16-12/h6-7,11-12,15H,2-5,8-9H2,1H3. The van der Waals surface area contributed by atoms with Crippen LogP contribution >= 0.6 is 0 Å². The molecule has 2 rings (SSSR count). The Morgan fingerprint density at radius 3 is 3.19 bits per heavy atom. The van der Waals surface area contributed by atoms with E-state index >= 15 is 0 Å². The first kappa shape index (κ1) is 11.6. The van der Waals surface area contributed by atoms with E-state index in [2.05, 4.69) is 5.10 Å². The maximum Gasteiger partial charge on any atom is 0.150 e. The Morgan fingerprint density at radius 1 is 1.62 bits per heavy atom. The third-order valence-electron chi connectivity index (χ3n) is 3.10. The van der Waals surface area contributed by atoms with Gasteiger partial charge in [-0.1, -0.05) is 6.92 Å². The molecule has 90 valence electrons. The number of aromatic nitrogens is 2. The Morgan fingerprint density at radius 2 is 2.50 bits per heavy atom. The minimum Gasteiger partial charge on any atom is -0.393 e. The van der Waals surface area contributed by atoms with E-state index in [-0.39, 0.29) is 12.3 Å². The summed E-state index contributed by atoms with van der Waals surface area (Å²) < 4.78 is 7.63. The first-order chi connectivity index (χ1) is 7.81. The first-order valence-corrected chi connectivity index (χ1v) is 6.13. The van der Waals surface area contributed by atoms with Crippen LogP contribution in [0.4, 0.5) is 0 Å². The Labute approximate surface area is 96.2 Å². The van der Waals surface area contributed by atoms with Crippen molar-refractivity contribution in [3.05, 3.63) is 18.0 Å². The van der Waals surface area contributed by atoms with Gasteiger partial charge in [-0.25, -0.2) is 4.68 Å². The summed E-state index contributed by atoms with van der Waals surface area (Å²) in [7, 11) is 0. The molecule has 1 aromatic rings. The second kappa shape index (κ2) is 5.46. The van der Waals surface area contributed by atoms with Gasteiger partial charge in [0.25, 0.3) is 0 Å². The number of aliphatic hydroxyl groups is 1. The Hall–Kier alpha value is -0.870. The zero-order valence-corrected chi connectivity index (χ0v) is 9.80. The lowest BCUT2D eigenvalue weighted by Gasteiger charge is -2.25. The number of rotatable bonds is 4. The van der Waals surface area contributed by atoms with E-state index in [0.29, 0.717) is 6.42 Å². The molecule has 0 aromatic carbocycles. The molecule has 1 aliphatic heterocycles.